The second kappa shape index (κ2) is 7.57. The summed E-state index contributed by atoms with van der Waals surface area (Å²) in [5.41, 5.74) is 1.96. The maximum absolute atomic E-state index is 12.3. The van der Waals surface area contributed by atoms with Crippen molar-refractivity contribution in [3.05, 3.63) is 85.7 Å². The van der Waals surface area contributed by atoms with E-state index in [1.54, 1.807) is 18.2 Å². The molecule has 4 heteroatoms. The molecular weight excluding hydrogens is 334 g/mol. The number of benzene rings is 1. The van der Waals surface area contributed by atoms with Crippen molar-refractivity contribution in [1.29, 1.82) is 5.26 Å². The van der Waals surface area contributed by atoms with Gasteiger partial charge >= 0.3 is 0 Å². The molecule has 3 aromatic rings. The highest BCUT2D eigenvalue weighted by Gasteiger charge is 2.13. The fourth-order valence-corrected chi connectivity index (χ4v) is 3.44. The Kier molecular flexibility index (Phi) is 5.03. The molecule has 24 heavy (non-hydrogen) atoms. The van der Waals surface area contributed by atoms with Gasteiger partial charge in [0.25, 0.3) is 0 Å². The molecule has 0 saturated carbocycles. The number of hydrogen-bond acceptors (Lipinski definition) is 4. The van der Waals surface area contributed by atoms with E-state index in [0.29, 0.717) is 4.88 Å². The maximum atomic E-state index is 12.3. The standard InChI is InChI=1S/C20H11NOS2/c21-13-17(20(22)19-7-4-10-23-19)12-18-11-16(14-24-18)9-8-15-5-2-1-3-6-15/h1-7,10-12,14H/b17-12+. The van der Waals surface area contributed by atoms with Crippen LogP contribution in [0.15, 0.2) is 64.9 Å². The van der Waals surface area contributed by atoms with Crippen LogP contribution in [-0.2, 0) is 0 Å². The Morgan fingerprint density at radius 1 is 1.00 bits per heavy atom. The number of carbonyl (C=O) groups is 1. The lowest BCUT2D eigenvalue weighted by molar-refractivity contribution is 0.104. The van der Waals surface area contributed by atoms with E-state index in [-0.39, 0.29) is 11.4 Å². The summed E-state index contributed by atoms with van der Waals surface area (Å²) in [5.74, 6) is 5.95. The molecule has 0 fully saturated rings. The van der Waals surface area contributed by atoms with Crippen LogP contribution in [-0.4, -0.2) is 5.78 Å². The Bertz CT molecular complexity index is 978. The summed E-state index contributed by atoms with van der Waals surface area (Å²) in [6.45, 7) is 0. The summed E-state index contributed by atoms with van der Waals surface area (Å²) < 4.78 is 0. The molecule has 0 aliphatic carbocycles. The average molecular weight is 345 g/mol. The molecule has 0 radical (unpaired) electrons. The van der Waals surface area contributed by atoms with E-state index < -0.39 is 0 Å². The van der Waals surface area contributed by atoms with Crippen molar-refractivity contribution in [1.82, 2.24) is 0 Å². The van der Waals surface area contributed by atoms with Gasteiger partial charge in [-0.25, -0.2) is 0 Å². The largest absolute Gasteiger partial charge is 0.287 e. The van der Waals surface area contributed by atoms with Crippen molar-refractivity contribution < 1.29 is 4.79 Å². The van der Waals surface area contributed by atoms with Crippen LogP contribution in [0.2, 0.25) is 0 Å². The van der Waals surface area contributed by atoms with Crippen LogP contribution in [0.1, 0.15) is 25.7 Å². The molecule has 0 saturated heterocycles. The predicted molar refractivity (Wildman–Crippen MR) is 99.0 cm³/mol. The number of nitrogens with zero attached hydrogens (tertiary/aromatic N) is 1. The van der Waals surface area contributed by atoms with Gasteiger partial charge in [-0.2, -0.15) is 5.26 Å². The molecule has 2 aromatic heterocycles. The fraction of sp³-hybridized carbons (Fsp3) is 0. The van der Waals surface area contributed by atoms with Crippen molar-refractivity contribution >= 4 is 34.5 Å². The van der Waals surface area contributed by atoms with E-state index in [4.69, 9.17) is 0 Å². The van der Waals surface area contributed by atoms with Crippen molar-refractivity contribution in [3.63, 3.8) is 0 Å². The quantitative estimate of drug-likeness (QED) is 0.290. The number of Topliss-reactive ketones (excluding diaryl/α,β-unsaturated/α-hetero) is 1. The molecular formula is C20H11NOS2. The van der Waals surface area contributed by atoms with Crippen molar-refractivity contribution in [2.24, 2.45) is 0 Å². The maximum Gasteiger partial charge on any atom is 0.213 e. The van der Waals surface area contributed by atoms with Gasteiger partial charge in [0.1, 0.15) is 11.6 Å². The zero-order valence-corrected chi connectivity index (χ0v) is 14.2. The average Bonchev–Trinajstić information content (AvgIpc) is 3.30. The number of carbonyl (C=O) groups excluding carboxylic acids is 1. The number of ketones is 1. The lowest BCUT2D eigenvalue weighted by Gasteiger charge is -1.93. The van der Waals surface area contributed by atoms with Crippen LogP contribution in [0, 0.1) is 23.2 Å². The Morgan fingerprint density at radius 3 is 2.50 bits per heavy atom. The third-order valence-corrected chi connectivity index (χ3v) is 4.89. The molecule has 0 spiro atoms. The highest BCUT2D eigenvalue weighted by Crippen LogP contribution is 2.20. The van der Waals surface area contributed by atoms with Gasteiger partial charge in [0, 0.05) is 21.4 Å². The zero-order chi connectivity index (χ0) is 16.8. The van der Waals surface area contributed by atoms with Crippen molar-refractivity contribution in [2.75, 3.05) is 0 Å². The van der Waals surface area contributed by atoms with Crippen LogP contribution in [0.3, 0.4) is 0 Å². The first-order valence-corrected chi connectivity index (χ1v) is 8.88. The van der Waals surface area contributed by atoms with Gasteiger partial charge in [-0.1, -0.05) is 36.1 Å². The van der Waals surface area contributed by atoms with Gasteiger partial charge in [-0.3, -0.25) is 4.79 Å². The molecule has 114 valence electrons. The topological polar surface area (TPSA) is 40.9 Å². The molecule has 1 aromatic carbocycles. The number of hydrogen-bond donors (Lipinski definition) is 0. The van der Waals surface area contributed by atoms with E-state index >= 15 is 0 Å². The minimum absolute atomic E-state index is 0.141. The molecule has 0 atom stereocenters. The highest BCUT2D eigenvalue weighted by molar-refractivity contribution is 7.12. The number of nitriles is 1. The SMILES string of the molecule is N#C/C(=C\c1cc(C#Cc2ccccc2)cs1)C(=O)c1cccs1. The van der Waals surface area contributed by atoms with Crippen LogP contribution in [0.4, 0.5) is 0 Å². The van der Waals surface area contributed by atoms with E-state index in [1.165, 1.54) is 22.7 Å². The summed E-state index contributed by atoms with van der Waals surface area (Å²) in [5, 5.41) is 13.0. The smallest absolute Gasteiger partial charge is 0.213 e. The lowest BCUT2D eigenvalue weighted by atomic mass is 10.1. The van der Waals surface area contributed by atoms with Gasteiger partial charge < -0.3 is 0 Å². The van der Waals surface area contributed by atoms with Gasteiger partial charge in [0.2, 0.25) is 5.78 Å². The Hall–Kier alpha value is -2.92. The van der Waals surface area contributed by atoms with E-state index in [1.807, 2.05) is 53.2 Å². The Morgan fingerprint density at radius 2 is 1.79 bits per heavy atom. The van der Waals surface area contributed by atoms with Crippen molar-refractivity contribution in [3.8, 4) is 17.9 Å². The monoisotopic (exact) mass is 345 g/mol. The third-order valence-electron chi connectivity index (χ3n) is 3.14. The van der Waals surface area contributed by atoms with Gasteiger partial charge in [0.15, 0.2) is 0 Å². The van der Waals surface area contributed by atoms with Crippen LogP contribution >= 0.6 is 22.7 Å². The van der Waals surface area contributed by atoms with Crippen LogP contribution in [0.25, 0.3) is 6.08 Å². The van der Waals surface area contributed by atoms with Crippen LogP contribution < -0.4 is 0 Å². The van der Waals surface area contributed by atoms with Crippen LogP contribution in [0.5, 0.6) is 0 Å². The van der Waals surface area contributed by atoms with E-state index in [2.05, 4.69) is 11.8 Å². The molecule has 0 unspecified atom stereocenters. The Balaban J connectivity index is 1.81. The molecule has 3 rings (SSSR count). The molecule has 0 bridgehead atoms. The molecule has 0 N–H and O–H groups in total. The minimum Gasteiger partial charge on any atom is -0.287 e. The Labute approximate surface area is 148 Å². The molecule has 0 amide bonds. The van der Waals surface area contributed by atoms with Gasteiger partial charge in [-0.05, 0) is 35.7 Å². The fourth-order valence-electron chi connectivity index (χ4n) is 1.99. The van der Waals surface area contributed by atoms with E-state index in [9.17, 15) is 10.1 Å². The third kappa shape index (κ3) is 3.88. The predicted octanol–water partition coefficient (Wildman–Crippen LogP) is 5.00. The number of allylic oxidation sites excluding steroid dienone is 1. The van der Waals surface area contributed by atoms with Gasteiger partial charge in [0.05, 0.1) is 4.88 Å². The summed E-state index contributed by atoms with van der Waals surface area (Å²) in [6.07, 6.45) is 1.63. The van der Waals surface area contributed by atoms with Crippen molar-refractivity contribution in [2.45, 2.75) is 0 Å². The first-order valence-electron chi connectivity index (χ1n) is 7.12. The second-order valence-corrected chi connectivity index (χ2v) is 6.72. The number of rotatable bonds is 3. The summed E-state index contributed by atoms with van der Waals surface area (Å²) >= 11 is 2.80. The first-order chi connectivity index (χ1) is 11.8. The molecule has 2 nitrogen and oxygen atoms in total. The summed E-state index contributed by atoms with van der Waals surface area (Å²) in [4.78, 5) is 13.7. The zero-order valence-electron chi connectivity index (χ0n) is 12.5. The normalized spacial score (nSPS) is 10.5. The first kappa shape index (κ1) is 16.0. The van der Waals surface area contributed by atoms with E-state index in [0.717, 1.165) is 16.0 Å². The lowest BCUT2D eigenvalue weighted by Crippen LogP contribution is -1.98. The molecule has 2 heterocycles. The summed E-state index contributed by atoms with van der Waals surface area (Å²) in [7, 11) is 0. The summed E-state index contributed by atoms with van der Waals surface area (Å²) in [6, 6.07) is 17.2. The molecule has 0 aliphatic heterocycles. The van der Waals surface area contributed by atoms with Gasteiger partial charge in [-0.15, -0.1) is 22.7 Å². The minimum atomic E-state index is -0.238. The molecule has 0 aliphatic rings. The second-order valence-electron chi connectivity index (χ2n) is 4.83. The highest BCUT2D eigenvalue weighted by atomic mass is 32.1. The number of thiophene rings is 2.